The van der Waals surface area contributed by atoms with Gasteiger partial charge in [-0.05, 0) is 61.4 Å². The van der Waals surface area contributed by atoms with E-state index in [1.165, 1.54) is 49.2 Å². The molecule has 4 rings (SSSR count). The van der Waals surface area contributed by atoms with Crippen molar-refractivity contribution in [2.45, 2.75) is 45.1 Å². The topological polar surface area (TPSA) is 55.2 Å². The molecule has 142 valence electrons. The van der Waals surface area contributed by atoms with E-state index in [0.29, 0.717) is 17.5 Å². The average Bonchev–Trinajstić information content (AvgIpc) is 2.69. The molecule has 2 aliphatic rings. The van der Waals surface area contributed by atoms with Crippen LogP contribution < -0.4 is 5.56 Å². The van der Waals surface area contributed by atoms with Crippen LogP contribution in [0.25, 0.3) is 5.69 Å². The fraction of sp³-hybridized carbons (Fsp3) is 0.476. The molecule has 6 heteroatoms. The van der Waals surface area contributed by atoms with Crippen molar-refractivity contribution < 1.29 is 9.18 Å². The Morgan fingerprint density at radius 2 is 1.81 bits per heavy atom. The van der Waals surface area contributed by atoms with E-state index in [4.69, 9.17) is 0 Å². The second kappa shape index (κ2) is 7.25. The molecule has 3 atom stereocenters. The number of hydrogen-bond acceptors (Lipinski definition) is 3. The Morgan fingerprint density at radius 3 is 2.59 bits per heavy atom. The third-order valence-electron chi connectivity index (χ3n) is 6.09. The standard InChI is InChI=1S/C21H24FN3O2/c1-14-12-13-24(19-5-3-2-4-17(14)19)21(27)18-10-11-20(26)25(23-18)16-8-6-15(22)7-9-16/h6-11,14,17,19H,2-5,12-13H2,1H3. The highest BCUT2D eigenvalue weighted by Gasteiger charge is 2.40. The molecule has 1 aliphatic carbocycles. The number of carbonyl (C=O) groups excluding carboxylic acids is 1. The Labute approximate surface area is 157 Å². The lowest BCUT2D eigenvalue weighted by Gasteiger charge is -2.47. The summed E-state index contributed by atoms with van der Waals surface area (Å²) < 4.78 is 14.3. The molecular weight excluding hydrogens is 345 g/mol. The quantitative estimate of drug-likeness (QED) is 0.815. The van der Waals surface area contributed by atoms with E-state index in [9.17, 15) is 14.0 Å². The van der Waals surface area contributed by atoms with E-state index in [0.717, 1.165) is 30.5 Å². The number of piperidine rings is 1. The SMILES string of the molecule is CC1CCN(C(=O)c2ccc(=O)n(-c3ccc(F)cc3)n2)C2CCCCC12. The molecule has 1 aliphatic heterocycles. The summed E-state index contributed by atoms with van der Waals surface area (Å²) >= 11 is 0. The van der Waals surface area contributed by atoms with Gasteiger partial charge in [0.25, 0.3) is 11.5 Å². The summed E-state index contributed by atoms with van der Waals surface area (Å²) in [6.07, 6.45) is 5.61. The molecule has 0 bridgehead atoms. The van der Waals surface area contributed by atoms with Crippen molar-refractivity contribution >= 4 is 5.91 Å². The number of rotatable bonds is 2. The molecule has 0 radical (unpaired) electrons. The minimum atomic E-state index is -0.384. The molecule has 1 aromatic carbocycles. The van der Waals surface area contributed by atoms with Crippen LogP contribution in [-0.2, 0) is 0 Å². The summed E-state index contributed by atoms with van der Waals surface area (Å²) in [5.41, 5.74) is 0.359. The van der Waals surface area contributed by atoms with Gasteiger partial charge in [0.05, 0.1) is 5.69 Å². The lowest BCUT2D eigenvalue weighted by Crippen LogP contribution is -2.52. The fourth-order valence-corrected chi connectivity index (χ4v) is 4.61. The van der Waals surface area contributed by atoms with Gasteiger partial charge in [0, 0.05) is 18.7 Å². The van der Waals surface area contributed by atoms with Crippen LogP contribution in [0.3, 0.4) is 0 Å². The number of nitrogens with zero attached hydrogens (tertiary/aromatic N) is 3. The molecule has 2 heterocycles. The fourth-order valence-electron chi connectivity index (χ4n) is 4.61. The highest BCUT2D eigenvalue weighted by atomic mass is 19.1. The first kappa shape index (κ1) is 17.9. The Bertz CT molecular complexity index is 893. The van der Waals surface area contributed by atoms with Crippen LogP contribution in [0.15, 0.2) is 41.2 Å². The third kappa shape index (κ3) is 3.40. The smallest absolute Gasteiger partial charge is 0.274 e. The van der Waals surface area contributed by atoms with Gasteiger partial charge in [-0.25, -0.2) is 4.39 Å². The molecule has 5 nitrogen and oxygen atoms in total. The maximum atomic E-state index is 13.2. The Morgan fingerprint density at radius 1 is 1.07 bits per heavy atom. The van der Waals surface area contributed by atoms with E-state index >= 15 is 0 Å². The molecule has 3 unspecified atom stereocenters. The summed E-state index contributed by atoms with van der Waals surface area (Å²) in [7, 11) is 0. The largest absolute Gasteiger partial charge is 0.334 e. The average molecular weight is 369 g/mol. The summed E-state index contributed by atoms with van der Waals surface area (Å²) in [4.78, 5) is 27.4. The number of benzene rings is 1. The first-order valence-electron chi connectivity index (χ1n) is 9.72. The summed E-state index contributed by atoms with van der Waals surface area (Å²) in [6, 6.07) is 8.64. The zero-order valence-corrected chi connectivity index (χ0v) is 15.5. The molecule has 0 N–H and O–H groups in total. The molecule has 2 fully saturated rings. The molecule has 2 aromatic rings. The van der Waals surface area contributed by atoms with Gasteiger partial charge in [-0.15, -0.1) is 0 Å². The lowest BCUT2D eigenvalue weighted by molar-refractivity contribution is 0.0211. The van der Waals surface area contributed by atoms with Crippen LogP contribution >= 0.6 is 0 Å². The monoisotopic (exact) mass is 369 g/mol. The van der Waals surface area contributed by atoms with Crippen molar-refractivity contribution in [1.29, 1.82) is 0 Å². The molecular formula is C21H24FN3O2. The minimum Gasteiger partial charge on any atom is -0.334 e. The van der Waals surface area contributed by atoms with Crippen LogP contribution in [-0.4, -0.2) is 33.2 Å². The van der Waals surface area contributed by atoms with Crippen LogP contribution in [0.4, 0.5) is 4.39 Å². The summed E-state index contributed by atoms with van der Waals surface area (Å²) in [5.74, 6) is 0.694. The van der Waals surface area contributed by atoms with Crippen LogP contribution in [0.1, 0.15) is 49.5 Å². The predicted octanol–water partition coefficient (Wildman–Crippen LogP) is 3.41. The molecule has 27 heavy (non-hydrogen) atoms. The van der Waals surface area contributed by atoms with Crippen molar-refractivity contribution in [2.24, 2.45) is 11.8 Å². The highest BCUT2D eigenvalue weighted by molar-refractivity contribution is 5.92. The van der Waals surface area contributed by atoms with E-state index in [2.05, 4.69) is 12.0 Å². The van der Waals surface area contributed by atoms with E-state index in [1.807, 2.05) is 4.90 Å². The van der Waals surface area contributed by atoms with Gasteiger partial charge in [0.1, 0.15) is 11.5 Å². The number of amides is 1. The first-order chi connectivity index (χ1) is 13.0. The zero-order chi connectivity index (χ0) is 19.0. The second-order valence-electron chi connectivity index (χ2n) is 7.73. The molecule has 1 aromatic heterocycles. The number of fused-ring (bicyclic) bond motifs is 1. The second-order valence-corrected chi connectivity index (χ2v) is 7.73. The highest BCUT2D eigenvalue weighted by Crippen LogP contribution is 2.39. The van der Waals surface area contributed by atoms with E-state index in [-0.39, 0.29) is 29.0 Å². The van der Waals surface area contributed by atoms with Gasteiger partial charge in [-0.2, -0.15) is 9.78 Å². The van der Waals surface area contributed by atoms with Crippen molar-refractivity contribution in [3.8, 4) is 5.69 Å². The molecule has 1 saturated carbocycles. The number of aromatic nitrogens is 2. The minimum absolute atomic E-state index is 0.116. The van der Waals surface area contributed by atoms with Gasteiger partial charge in [-0.3, -0.25) is 9.59 Å². The van der Waals surface area contributed by atoms with Crippen molar-refractivity contribution in [2.75, 3.05) is 6.54 Å². The van der Waals surface area contributed by atoms with Crippen molar-refractivity contribution in [1.82, 2.24) is 14.7 Å². The van der Waals surface area contributed by atoms with Crippen LogP contribution in [0.5, 0.6) is 0 Å². The Kier molecular flexibility index (Phi) is 4.81. The third-order valence-corrected chi connectivity index (χ3v) is 6.09. The Hall–Kier alpha value is -2.50. The predicted molar refractivity (Wildman–Crippen MR) is 100 cm³/mol. The molecule has 1 saturated heterocycles. The molecule has 0 spiro atoms. The maximum Gasteiger partial charge on any atom is 0.274 e. The lowest BCUT2D eigenvalue weighted by atomic mass is 9.72. The van der Waals surface area contributed by atoms with Crippen LogP contribution in [0.2, 0.25) is 0 Å². The number of hydrogen-bond donors (Lipinski definition) is 0. The van der Waals surface area contributed by atoms with Crippen molar-refractivity contribution in [3.05, 3.63) is 58.3 Å². The van der Waals surface area contributed by atoms with Gasteiger partial charge >= 0.3 is 0 Å². The number of carbonyl (C=O) groups is 1. The van der Waals surface area contributed by atoms with E-state index in [1.54, 1.807) is 0 Å². The van der Waals surface area contributed by atoms with E-state index < -0.39 is 0 Å². The van der Waals surface area contributed by atoms with Crippen molar-refractivity contribution in [3.63, 3.8) is 0 Å². The molecule has 1 amide bonds. The van der Waals surface area contributed by atoms with Gasteiger partial charge in [0.2, 0.25) is 0 Å². The van der Waals surface area contributed by atoms with Gasteiger partial charge in [0.15, 0.2) is 0 Å². The van der Waals surface area contributed by atoms with Gasteiger partial charge < -0.3 is 4.90 Å². The number of halogens is 1. The van der Waals surface area contributed by atoms with Crippen LogP contribution in [0, 0.1) is 17.7 Å². The van der Waals surface area contributed by atoms with Gasteiger partial charge in [-0.1, -0.05) is 19.8 Å². The first-order valence-corrected chi connectivity index (χ1v) is 9.72. The number of likely N-dealkylation sites (tertiary alicyclic amines) is 1. The summed E-state index contributed by atoms with van der Waals surface area (Å²) in [6.45, 7) is 3.02. The maximum absolute atomic E-state index is 13.2. The zero-order valence-electron chi connectivity index (χ0n) is 15.5. The summed E-state index contributed by atoms with van der Waals surface area (Å²) in [5, 5.41) is 4.29. The normalized spacial score (nSPS) is 25.1. The Balaban J connectivity index is 1.65.